The van der Waals surface area contributed by atoms with Crippen molar-refractivity contribution in [2.75, 3.05) is 0 Å². The van der Waals surface area contributed by atoms with Gasteiger partial charge in [0.15, 0.2) is 0 Å². The molecule has 0 aromatic heterocycles. The Morgan fingerprint density at radius 3 is 2.94 bits per heavy atom. The maximum atomic E-state index is 12.9. The molecule has 0 radical (unpaired) electrons. The number of hydrogen-bond acceptors (Lipinski definition) is 2. The number of nitrogens with one attached hydrogen (secondary N) is 1. The predicted molar refractivity (Wildman–Crippen MR) is 62.4 cm³/mol. The first-order valence-corrected chi connectivity index (χ1v) is 5.31. The van der Waals surface area contributed by atoms with Crippen LogP contribution in [0.25, 0.3) is 0 Å². The summed E-state index contributed by atoms with van der Waals surface area (Å²) in [5, 5.41) is 12.7. The third kappa shape index (κ3) is 3.56. The molecule has 0 amide bonds. The van der Waals surface area contributed by atoms with Crippen molar-refractivity contribution < 1.29 is 9.50 Å². The molecule has 1 aromatic carbocycles. The van der Waals surface area contributed by atoms with Crippen molar-refractivity contribution in [3.63, 3.8) is 0 Å². The van der Waals surface area contributed by atoms with Crippen LogP contribution in [-0.2, 0) is 6.54 Å². The second-order valence-corrected chi connectivity index (χ2v) is 3.67. The molecular weight excluding hydrogens is 205 g/mol. The second kappa shape index (κ2) is 6.14. The van der Waals surface area contributed by atoms with E-state index in [1.54, 1.807) is 0 Å². The minimum absolute atomic E-state index is 0.101. The Morgan fingerprint density at radius 2 is 2.31 bits per heavy atom. The summed E-state index contributed by atoms with van der Waals surface area (Å²) in [7, 11) is 0. The van der Waals surface area contributed by atoms with Crippen LogP contribution in [0.2, 0.25) is 0 Å². The average Bonchev–Trinajstić information content (AvgIpc) is 2.28. The minimum Gasteiger partial charge on any atom is -0.508 e. The monoisotopic (exact) mass is 221 g/mol. The topological polar surface area (TPSA) is 32.3 Å². The molecule has 1 rings (SSSR count). The normalized spacial score (nSPS) is 12.1. The number of rotatable bonds is 5. The Balaban J connectivity index is 2.60. The quantitative estimate of drug-likeness (QED) is 0.748. The first-order valence-electron chi connectivity index (χ1n) is 5.31. The number of aromatic hydroxyl groups is 1. The van der Waals surface area contributed by atoms with Gasteiger partial charge in [0.05, 0.1) is 0 Å². The molecule has 0 saturated heterocycles. The predicted octanol–water partition coefficient (Wildman–Crippen LogP) is 2.42. The molecule has 2 nitrogen and oxygen atoms in total. The van der Waals surface area contributed by atoms with Crippen LogP contribution in [0.4, 0.5) is 4.39 Å². The van der Waals surface area contributed by atoms with Gasteiger partial charge in [-0.3, -0.25) is 0 Å². The summed E-state index contributed by atoms with van der Waals surface area (Å²) in [6.07, 6.45) is 6.76. The minimum atomic E-state index is -0.348. The Bertz CT molecular complexity index is 384. The van der Waals surface area contributed by atoms with Gasteiger partial charge in [0.1, 0.15) is 11.6 Å². The van der Waals surface area contributed by atoms with E-state index in [4.69, 9.17) is 6.42 Å². The molecule has 0 heterocycles. The lowest BCUT2D eigenvalue weighted by Gasteiger charge is -2.14. The SMILES string of the molecule is C#CCC(CC)NCc1cc(F)ccc1O. The fourth-order valence-electron chi connectivity index (χ4n) is 1.45. The van der Waals surface area contributed by atoms with Crippen LogP contribution in [0, 0.1) is 18.2 Å². The third-order valence-electron chi connectivity index (χ3n) is 2.48. The molecule has 16 heavy (non-hydrogen) atoms. The zero-order valence-corrected chi connectivity index (χ0v) is 9.33. The molecule has 0 bridgehead atoms. The number of terminal acetylenes is 1. The van der Waals surface area contributed by atoms with E-state index in [-0.39, 0.29) is 17.6 Å². The van der Waals surface area contributed by atoms with E-state index in [1.807, 2.05) is 6.92 Å². The molecule has 0 aliphatic carbocycles. The zero-order valence-electron chi connectivity index (χ0n) is 9.33. The van der Waals surface area contributed by atoms with Crippen molar-refractivity contribution in [3.8, 4) is 18.1 Å². The van der Waals surface area contributed by atoms with E-state index in [0.717, 1.165) is 6.42 Å². The molecular formula is C13H16FNO. The summed E-state index contributed by atoms with van der Waals surface area (Å²) in [4.78, 5) is 0. The summed E-state index contributed by atoms with van der Waals surface area (Å²) in [6, 6.07) is 4.12. The Morgan fingerprint density at radius 1 is 1.56 bits per heavy atom. The number of phenolic OH excluding ortho intramolecular Hbond substituents is 1. The maximum absolute atomic E-state index is 12.9. The molecule has 0 aliphatic rings. The second-order valence-electron chi connectivity index (χ2n) is 3.67. The number of phenols is 1. The van der Waals surface area contributed by atoms with Crippen LogP contribution < -0.4 is 5.32 Å². The third-order valence-corrected chi connectivity index (χ3v) is 2.48. The van der Waals surface area contributed by atoms with E-state index in [9.17, 15) is 9.50 Å². The smallest absolute Gasteiger partial charge is 0.123 e. The van der Waals surface area contributed by atoms with E-state index in [0.29, 0.717) is 18.5 Å². The highest BCUT2D eigenvalue weighted by Crippen LogP contribution is 2.17. The van der Waals surface area contributed by atoms with Gasteiger partial charge >= 0.3 is 0 Å². The van der Waals surface area contributed by atoms with Gasteiger partial charge < -0.3 is 10.4 Å². The van der Waals surface area contributed by atoms with Crippen LogP contribution in [0.1, 0.15) is 25.3 Å². The molecule has 1 aromatic rings. The fourth-order valence-corrected chi connectivity index (χ4v) is 1.45. The Hall–Kier alpha value is -1.53. The molecule has 0 spiro atoms. The van der Waals surface area contributed by atoms with E-state index >= 15 is 0 Å². The van der Waals surface area contributed by atoms with Gasteiger partial charge in [0, 0.05) is 24.6 Å². The average molecular weight is 221 g/mol. The highest BCUT2D eigenvalue weighted by Gasteiger charge is 2.07. The van der Waals surface area contributed by atoms with Crippen molar-refractivity contribution in [3.05, 3.63) is 29.6 Å². The summed E-state index contributed by atoms with van der Waals surface area (Å²) < 4.78 is 12.9. The van der Waals surface area contributed by atoms with E-state index < -0.39 is 0 Å². The standard InChI is InChI=1S/C13H16FNO/c1-3-5-12(4-2)15-9-10-8-11(14)6-7-13(10)16/h1,6-8,12,15-16H,4-5,9H2,2H3. The van der Waals surface area contributed by atoms with Crippen molar-refractivity contribution in [2.45, 2.75) is 32.4 Å². The zero-order chi connectivity index (χ0) is 12.0. The van der Waals surface area contributed by atoms with Crippen molar-refractivity contribution in [1.29, 1.82) is 0 Å². The van der Waals surface area contributed by atoms with Crippen LogP contribution >= 0.6 is 0 Å². The lowest BCUT2D eigenvalue weighted by molar-refractivity contribution is 0.450. The molecule has 86 valence electrons. The molecule has 3 heteroatoms. The lowest BCUT2D eigenvalue weighted by Crippen LogP contribution is -2.27. The van der Waals surface area contributed by atoms with Crippen LogP contribution in [0.5, 0.6) is 5.75 Å². The van der Waals surface area contributed by atoms with Crippen LogP contribution in [0.3, 0.4) is 0 Å². The first kappa shape index (κ1) is 12.5. The first-order chi connectivity index (χ1) is 7.67. The van der Waals surface area contributed by atoms with Crippen LogP contribution in [-0.4, -0.2) is 11.1 Å². The molecule has 0 saturated carbocycles. The van der Waals surface area contributed by atoms with Gasteiger partial charge in [-0.15, -0.1) is 12.3 Å². The maximum Gasteiger partial charge on any atom is 0.123 e. The van der Waals surface area contributed by atoms with E-state index in [1.165, 1.54) is 18.2 Å². The highest BCUT2D eigenvalue weighted by molar-refractivity contribution is 5.32. The van der Waals surface area contributed by atoms with Gasteiger partial charge in [-0.25, -0.2) is 4.39 Å². The summed E-state index contributed by atoms with van der Waals surface area (Å²) in [6.45, 7) is 2.45. The molecule has 2 N–H and O–H groups in total. The molecule has 1 atom stereocenters. The van der Waals surface area contributed by atoms with Crippen molar-refractivity contribution in [2.24, 2.45) is 0 Å². The number of benzene rings is 1. The lowest BCUT2D eigenvalue weighted by atomic mass is 10.1. The van der Waals surface area contributed by atoms with Crippen molar-refractivity contribution in [1.82, 2.24) is 5.32 Å². The van der Waals surface area contributed by atoms with Gasteiger partial charge in [-0.1, -0.05) is 6.92 Å². The Kier molecular flexibility index (Phi) is 4.81. The van der Waals surface area contributed by atoms with Crippen molar-refractivity contribution >= 4 is 0 Å². The van der Waals surface area contributed by atoms with Gasteiger partial charge in [-0.2, -0.15) is 0 Å². The number of halogens is 1. The van der Waals surface area contributed by atoms with E-state index in [2.05, 4.69) is 11.2 Å². The molecule has 0 fully saturated rings. The summed E-state index contributed by atoms with van der Waals surface area (Å²) >= 11 is 0. The summed E-state index contributed by atoms with van der Waals surface area (Å²) in [5.41, 5.74) is 0.551. The van der Waals surface area contributed by atoms with Gasteiger partial charge in [0.25, 0.3) is 0 Å². The van der Waals surface area contributed by atoms with Gasteiger partial charge in [-0.05, 0) is 24.6 Å². The number of hydrogen-bond donors (Lipinski definition) is 2. The summed E-state index contributed by atoms with van der Waals surface area (Å²) in [5.74, 6) is 2.34. The largest absolute Gasteiger partial charge is 0.508 e. The Labute approximate surface area is 95.5 Å². The highest BCUT2D eigenvalue weighted by atomic mass is 19.1. The molecule has 1 unspecified atom stereocenters. The fraction of sp³-hybridized carbons (Fsp3) is 0.385. The van der Waals surface area contributed by atoms with Gasteiger partial charge in [0.2, 0.25) is 0 Å². The molecule has 0 aliphatic heterocycles. The van der Waals surface area contributed by atoms with Crippen LogP contribution in [0.15, 0.2) is 18.2 Å².